The van der Waals surface area contributed by atoms with E-state index in [0.717, 1.165) is 60.0 Å². The van der Waals surface area contributed by atoms with Crippen LogP contribution in [0.2, 0.25) is 0 Å². The number of aromatic hydroxyl groups is 1. The topological polar surface area (TPSA) is 80.0 Å². The van der Waals surface area contributed by atoms with Gasteiger partial charge in [0.1, 0.15) is 0 Å². The summed E-state index contributed by atoms with van der Waals surface area (Å²) in [6.07, 6.45) is 7.56. The molecule has 6 nitrogen and oxygen atoms in total. The second-order valence-corrected chi connectivity index (χ2v) is 8.77. The molecule has 0 bridgehead atoms. The summed E-state index contributed by atoms with van der Waals surface area (Å²) in [6.45, 7) is 0.435. The number of pyridine rings is 1. The molecule has 2 N–H and O–H groups in total. The van der Waals surface area contributed by atoms with Crippen LogP contribution in [0, 0.1) is 17.6 Å². The lowest BCUT2D eigenvalue weighted by atomic mass is 9.86. The van der Waals surface area contributed by atoms with Crippen LogP contribution >= 0.6 is 0 Å². The number of fused-ring (bicyclic) bond motifs is 1. The van der Waals surface area contributed by atoms with Crippen molar-refractivity contribution >= 4 is 16.8 Å². The molecule has 5 rings (SSSR count). The fourth-order valence-corrected chi connectivity index (χ4v) is 4.56. The monoisotopic (exact) mass is 462 g/mol. The highest BCUT2D eigenvalue weighted by atomic mass is 19.1. The van der Waals surface area contributed by atoms with Crippen molar-refractivity contribution in [2.75, 3.05) is 6.54 Å². The number of phenolic OH excluding ortho intramolecular Hbond substituents is 1. The van der Waals surface area contributed by atoms with Crippen molar-refractivity contribution in [3.8, 4) is 17.0 Å². The lowest BCUT2D eigenvalue weighted by molar-refractivity contribution is 0.0940. The minimum absolute atomic E-state index is 0.144. The van der Waals surface area contributed by atoms with E-state index in [1.54, 1.807) is 6.20 Å². The van der Waals surface area contributed by atoms with Crippen molar-refractivity contribution < 1.29 is 18.7 Å². The van der Waals surface area contributed by atoms with Crippen LogP contribution in [-0.2, 0) is 0 Å². The molecule has 1 saturated carbocycles. The van der Waals surface area contributed by atoms with Crippen LogP contribution in [0.5, 0.6) is 5.75 Å². The Hall–Kier alpha value is -3.81. The van der Waals surface area contributed by atoms with E-state index >= 15 is 0 Å². The molecule has 34 heavy (non-hydrogen) atoms. The van der Waals surface area contributed by atoms with Crippen LogP contribution in [0.1, 0.15) is 42.1 Å². The van der Waals surface area contributed by atoms with Gasteiger partial charge in [0.2, 0.25) is 0 Å². The number of nitrogens with zero attached hydrogens (tertiary/aromatic N) is 3. The number of rotatable bonds is 5. The standard InChI is InChI=1S/C26H24F2N4O2/c27-21-11-19(12-22(28)25(21)33)26(34)30-14-16-4-8-20(9-5-16)32-15-18-7-6-17(13-24(18)31-32)23-3-1-2-10-29-23/h1-3,6-7,10-13,15-16,20,33H,4-5,8-9,14H2,(H,30,34)/t16-,20-. The SMILES string of the molecule is O=C(NC[C@H]1CC[C@H](n2cc3ccc(-c4ccccn4)cc3n2)CC1)c1cc(F)c(O)c(F)c1. The summed E-state index contributed by atoms with van der Waals surface area (Å²) in [6, 6.07) is 14.0. The molecule has 174 valence electrons. The normalized spacial score (nSPS) is 18.2. The number of phenols is 1. The molecule has 0 aliphatic heterocycles. The van der Waals surface area contributed by atoms with Crippen molar-refractivity contribution in [2.45, 2.75) is 31.7 Å². The Bertz CT molecular complexity index is 1310. The number of aromatic nitrogens is 3. The molecule has 1 amide bonds. The molecule has 2 heterocycles. The highest BCUT2D eigenvalue weighted by Crippen LogP contribution is 2.33. The molecular weight excluding hydrogens is 438 g/mol. The Balaban J connectivity index is 1.18. The van der Waals surface area contributed by atoms with Gasteiger partial charge in [0.25, 0.3) is 5.91 Å². The third-order valence-corrected chi connectivity index (χ3v) is 6.51. The minimum Gasteiger partial charge on any atom is -0.503 e. The van der Waals surface area contributed by atoms with E-state index in [4.69, 9.17) is 5.10 Å². The first-order chi connectivity index (χ1) is 16.5. The molecule has 1 fully saturated rings. The summed E-state index contributed by atoms with van der Waals surface area (Å²) in [7, 11) is 0. The molecule has 1 aliphatic carbocycles. The van der Waals surface area contributed by atoms with Gasteiger partial charge in [0.05, 0.1) is 17.3 Å². The molecule has 0 atom stereocenters. The highest BCUT2D eigenvalue weighted by molar-refractivity contribution is 5.94. The Labute approximate surface area is 195 Å². The number of carbonyl (C=O) groups is 1. The van der Waals surface area contributed by atoms with Crippen molar-refractivity contribution in [2.24, 2.45) is 5.92 Å². The minimum atomic E-state index is -1.15. The van der Waals surface area contributed by atoms with Crippen molar-refractivity contribution in [3.05, 3.63) is 78.1 Å². The van der Waals surface area contributed by atoms with Gasteiger partial charge in [-0.15, -0.1) is 0 Å². The second kappa shape index (κ2) is 9.21. The van der Waals surface area contributed by atoms with Crippen LogP contribution < -0.4 is 5.32 Å². The zero-order valence-electron chi connectivity index (χ0n) is 18.4. The predicted molar refractivity (Wildman–Crippen MR) is 124 cm³/mol. The zero-order chi connectivity index (χ0) is 23.7. The fourth-order valence-electron chi connectivity index (χ4n) is 4.56. The summed E-state index contributed by atoms with van der Waals surface area (Å²) in [5.74, 6) is -3.64. The lowest BCUT2D eigenvalue weighted by Gasteiger charge is -2.28. The number of benzene rings is 2. The smallest absolute Gasteiger partial charge is 0.251 e. The van der Waals surface area contributed by atoms with Gasteiger partial charge in [-0.2, -0.15) is 5.10 Å². The van der Waals surface area contributed by atoms with Crippen molar-refractivity contribution in [1.82, 2.24) is 20.1 Å². The maximum Gasteiger partial charge on any atom is 0.251 e. The summed E-state index contributed by atoms with van der Waals surface area (Å²) >= 11 is 0. The number of hydrogen-bond donors (Lipinski definition) is 2. The first-order valence-corrected chi connectivity index (χ1v) is 11.3. The molecular formula is C26H24F2N4O2. The van der Waals surface area contributed by atoms with Crippen LogP contribution in [0.4, 0.5) is 8.78 Å². The number of halogens is 2. The average molecular weight is 463 g/mol. The lowest BCUT2D eigenvalue weighted by Crippen LogP contribution is -2.31. The van der Waals surface area contributed by atoms with E-state index in [-0.39, 0.29) is 17.5 Å². The molecule has 0 unspecified atom stereocenters. The van der Waals surface area contributed by atoms with Gasteiger partial charge in [-0.05, 0) is 61.9 Å². The number of carbonyl (C=O) groups excluding carboxylic acids is 1. The second-order valence-electron chi connectivity index (χ2n) is 8.77. The largest absolute Gasteiger partial charge is 0.503 e. The molecule has 2 aromatic heterocycles. The van der Waals surface area contributed by atoms with Crippen LogP contribution in [0.3, 0.4) is 0 Å². The Morgan fingerprint density at radius 3 is 2.53 bits per heavy atom. The quantitative estimate of drug-likeness (QED) is 0.425. The van der Waals surface area contributed by atoms with Gasteiger partial charge in [-0.1, -0.05) is 18.2 Å². The van der Waals surface area contributed by atoms with Gasteiger partial charge < -0.3 is 10.4 Å². The van der Waals surface area contributed by atoms with Crippen LogP contribution in [0.25, 0.3) is 22.2 Å². The number of amides is 1. The maximum atomic E-state index is 13.5. The molecule has 4 aromatic rings. The van der Waals surface area contributed by atoms with Gasteiger partial charge in [0.15, 0.2) is 17.4 Å². The van der Waals surface area contributed by atoms with Gasteiger partial charge in [-0.3, -0.25) is 14.5 Å². The third-order valence-electron chi connectivity index (χ3n) is 6.51. The number of nitrogens with one attached hydrogen (secondary N) is 1. The van der Waals surface area contributed by atoms with E-state index in [2.05, 4.69) is 34.7 Å². The summed E-state index contributed by atoms with van der Waals surface area (Å²) in [4.78, 5) is 16.7. The molecule has 0 spiro atoms. The van der Waals surface area contributed by atoms with E-state index in [9.17, 15) is 18.7 Å². The molecule has 0 radical (unpaired) electrons. The summed E-state index contributed by atoms with van der Waals surface area (Å²) in [5.41, 5.74) is 2.74. The summed E-state index contributed by atoms with van der Waals surface area (Å²) in [5, 5.41) is 17.8. The van der Waals surface area contributed by atoms with Crippen LogP contribution in [0.15, 0.2) is 60.9 Å². The van der Waals surface area contributed by atoms with Crippen LogP contribution in [-0.4, -0.2) is 32.3 Å². The summed E-state index contributed by atoms with van der Waals surface area (Å²) < 4.78 is 29.1. The Morgan fingerprint density at radius 1 is 1.06 bits per heavy atom. The Kier molecular flexibility index (Phi) is 5.96. The maximum absolute atomic E-state index is 13.5. The fraction of sp³-hybridized carbons (Fsp3) is 0.269. The third kappa shape index (κ3) is 4.48. The van der Waals surface area contributed by atoms with Gasteiger partial charge in [0, 0.05) is 35.5 Å². The molecule has 0 saturated heterocycles. The first kappa shape index (κ1) is 22.0. The molecule has 2 aromatic carbocycles. The first-order valence-electron chi connectivity index (χ1n) is 11.3. The average Bonchev–Trinajstić information content (AvgIpc) is 3.30. The van der Waals surface area contributed by atoms with Gasteiger partial charge in [-0.25, -0.2) is 8.78 Å². The van der Waals surface area contributed by atoms with E-state index in [1.807, 2.05) is 22.9 Å². The van der Waals surface area contributed by atoms with E-state index in [1.165, 1.54) is 0 Å². The molecule has 1 aliphatic rings. The zero-order valence-corrected chi connectivity index (χ0v) is 18.4. The van der Waals surface area contributed by atoms with Crippen molar-refractivity contribution in [1.29, 1.82) is 0 Å². The number of hydrogen-bond acceptors (Lipinski definition) is 4. The molecule has 8 heteroatoms. The predicted octanol–water partition coefficient (Wildman–Crippen LogP) is 5.24. The van der Waals surface area contributed by atoms with Gasteiger partial charge >= 0.3 is 0 Å². The van der Waals surface area contributed by atoms with Crippen molar-refractivity contribution in [3.63, 3.8) is 0 Å². The van der Waals surface area contributed by atoms with E-state index < -0.39 is 23.3 Å². The highest BCUT2D eigenvalue weighted by Gasteiger charge is 2.24. The van der Waals surface area contributed by atoms with E-state index in [0.29, 0.717) is 6.54 Å². The Morgan fingerprint density at radius 2 is 1.82 bits per heavy atom.